The molecule has 1 aliphatic rings. The molecular formula is C24H18FN5O2. The number of carbonyl (C=O) groups excluding carboxylic acids is 1. The summed E-state index contributed by atoms with van der Waals surface area (Å²) >= 11 is 0. The maximum atomic E-state index is 14.5. The van der Waals surface area contributed by atoms with Crippen LogP contribution in [0.15, 0.2) is 42.7 Å². The highest BCUT2D eigenvalue weighted by atomic mass is 19.1. The first-order chi connectivity index (χ1) is 15.6. The number of ether oxygens (including phenoxy) is 1. The molecule has 3 heterocycles. The molecule has 2 aromatic carbocycles. The maximum absolute atomic E-state index is 14.5. The lowest BCUT2D eigenvalue weighted by Gasteiger charge is -2.13. The van der Waals surface area contributed by atoms with Gasteiger partial charge in [-0.05, 0) is 30.2 Å². The highest BCUT2D eigenvalue weighted by Crippen LogP contribution is 2.31. The summed E-state index contributed by atoms with van der Waals surface area (Å²) in [5.74, 6) is 0.846. The van der Waals surface area contributed by atoms with Gasteiger partial charge in [0.05, 0.1) is 12.8 Å². The molecule has 5 rings (SSSR count). The van der Waals surface area contributed by atoms with E-state index in [9.17, 15) is 14.4 Å². The van der Waals surface area contributed by atoms with Crippen molar-refractivity contribution in [3.8, 4) is 22.9 Å². The predicted octanol–water partition coefficient (Wildman–Crippen LogP) is 4.08. The van der Waals surface area contributed by atoms with Crippen LogP contribution >= 0.6 is 0 Å². The van der Waals surface area contributed by atoms with Crippen LogP contribution in [-0.2, 0) is 13.0 Å². The molecule has 0 unspecified atom stereocenters. The lowest BCUT2D eigenvalue weighted by molar-refractivity contribution is 0.112. The number of imidazole rings is 1. The first-order valence-corrected chi connectivity index (χ1v) is 10.1. The predicted molar refractivity (Wildman–Crippen MR) is 116 cm³/mol. The number of benzene rings is 2. The van der Waals surface area contributed by atoms with Crippen molar-refractivity contribution in [1.82, 2.24) is 14.4 Å². The normalized spacial score (nSPS) is 12.3. The molecule has 0 aliphatic carbocycles. The van der Waals surface area contributed by atoms with Crippen LogP contribution in [0.25, 0.3) is 16.8 Å². The number of anilines is 1. The van der Waals surface area contributed by atoms with Crippen molar-refractivity contribution in [3.05, 3.63) is 76.5 Å². The van der Waals surface area contributed by atoms with E-state index in [1.807, 2.05) is 19.1 Å². The van der Waals surface area contributed by atoms with Crippen molar-refractivity contribution in [3.63, 3.8) is 0 Å². The summed E-state index contributed by atoms with van der Waals surface area (Å²) in [6.07, 6.45) is 4.73. The molecule has 8 heteroatoms. The minimum atomic E-state index is -0.302. The molecule has 1 aliphatic heterocycles. The molecule has 158 valence electrons. The third kappa shape index (κ3) is 3.24. The van der Waals surface area contributed by atoms with Gasteiger partial charge in [-0.3, -0.25) is 9.20 Å². The number of hydrogen-bond acceptors (Lipinski definition) is 6. The minimum absolute atomic E-state index is 0.215. The van der Waals surface area contributed by atoms with E-state index < -0.39 is 0 Å². The minimum Gasteiger partial charge on any atom is -0.493 e. The lowest BCUT2D eigenvalue weighted by atomic mass is 10.0. The summed E-state index contributed by atoms with van der Waals surface area (Å²) in [7, 11) is 0. The van der Waals surface area contributed by atoms with Crippen LogP contribution in [0.5, 0.6) is 5.75 Å². The van der Waals surface area contributed by atoms with Crippen molar-refractivity contribution < 1.29 is 13.9 Å². The van der Waals surface area contributed by atoms with Crippen LogP contribution in [0.1, 0.15) is 32.7 Å². The third-order valence-electron chi connectivity index (χ3n) is 5.68. The third-order valence-corrected chi connectivity index (χ3v) is 5.68. The fourth-order valence-corrected chi connectivity index (χ4v) is 4.01. The highest BCUT2D eigenvalue weighted by molar-refractivity contribution is 5.83. The largest absolute Gasteiger partial charge is 0.493 e. The van der Waals surface area contributed by atoms with E-state index in [-0.39, 0.29) is 18.1 Å². The van der Waals surface area contributed by atoms with E-state index in [2.05, 4.69) is 21.4 Å². The van der Waals surface area contributed by atoms with Crippen molar-refractivity contribution in [2.45, 2.75) is 19.9 Å². The zero-order valence-electron chi connectivity index (χ0n) is 17.2. The number of rotatable bonds is 5. The Morgan fingerprint density at radius 3 is 3.00 bits per heavy atom. The molecule has 0 atom stereocenters. The Hall–Kier alpha value is -4.25. The van der Waals surface area contributed by atoms with Crippen LogP contribution in [0.2, 0.25) is 0 Å². The van der Waals surface area contributed by atoms with E-state index in [1.54, 1.807) is 28.9 Å². The SMILES string of the molecule is Cc1cc(-c2cnc(NCc3c(F)ccc4c3CCO4)n3cc(C#N)nc23)ccc1C=O. The molecule has 0 radical (unpaired) electrons. The van der Waals surface area contributed by atoms with Gasteiger partial charge in [0.25, 0.3) is 0 Å². The topological polar surface area (TPSA) is 92.3 Å². The van der Waals surface area contributed by atoms with Crippen LogP contribution in [0, 0.1) is 24.1 Å². The molecule has 2 aromatic heterocycles. The van der Waals surface area contributed by atoms with Gasteiger partial charge < -0.3 is 10.1 Å². The second-order valence-electron chi connectivity index (χ2n) is 7.57. The Bertz CT molecular complexity index is 1420. The molecule has 4 aromatic rings. The van der Waals surface area contributed by atoms with Gasteiger partial charge in [-0.1, -0.05) is 18.2 Å². The molecule has 0 spiro atoms. The summed E-state index contributed by atoms with van der Waals surface area (Å²) in [6, 6.07) is 10.6. The van der Waals surface area contributed by atoms with Crippen molar-refractivity contribution in [2.24, 2.45) is 0 Å². The summed E-state index contributed by atoms with van der Waals surface area (Å²) in [5, 5.41) is 12.6. The van der Waals surface area contributed by atoms with Gasteiger partial charge in [0.15, 0.2) is 11.3 Å². The average molecular weight is 427 g/mol. The number of hydrogen-bond donors (Lipinski definition) is 1. The quantitative estimate of drug-likeness (QED) is 0.483. The maximum Gasteiger partial charge on any atom is 0.208 e. The van der Waals surface area contributed by atoms with Gasteiger partial charge >= 0.3 is 0 Å². The summed E-state index contributed by atoms with van der Waals surface area (Å²) in [6.45, 7) is 2.61. The number of aryl methyl sites for hydroxylation is 1. The zero-order chi connectivity index (χ0) is 22.2. The molecule has 7 nitrogen and oxygen atoms in total. The number of aldehydes is 1. The highest BCUT2D eigenvalue weighted by Gasteiger charge is 2.20. The van der Waals surface area contributed by atoms with Gasteiger partial charge in [0.2, 0.25) is 5.95 Å². The smallest absolute Gasteiger partial charge is 0.208 e. The number of aromatic nitrogens is 3. The van der Waals surface area contributed by atoms with Crippen LogP contribution in [0.3, 0.4) is 0 Å². The van der Waals surface area contributed by atoms with Gasteiger partial charge in [0, 0.05) is 41.4 Å². The number of fused-ring (bicyclic) bond motifs is 2. The average Bonchev–Trinajstić information content (AvgIpc) is 3.45. The Morgan fingerprint density at radius 2 is 2.22 bits per heavy atom. The summed E-state index contributed by atoms with van der Waals surface area (Å²) in [4.78, 5) is 20.1. The molecule has 0 fully saturated rings. The number of carbonyl (C=O) groups is 1. The summed E-state index contributed by atoms with van der Waals surface area (Å²) in [5.41, 5.74) is 5.18. The van der Waals surface area contributed by atoms with Gasteiger partial charge in [0.1, 0.15) is 23.9 Å². The first kappa shape index (κ1) is 19.7. The molecule has 0 amide bonds. The second kappa shape index (κ2) is 7.78. The Labute approximate surface area is 183 Å². The fourth-order valence-electron chi connectivity index (χ4n) is 4.01. The van der Waals surface area contributed by atoms with E-state index in [0.717, 1.165) is 28.5 Å². The molecule has 0 saturated carbocycles. The fraction of sp³-hybridized carbons (Fsp3) is 0.167. The standard InChI is InChI=1S/C24H18FN5O2/c1-14-8-15(2-3-16(14)13-31)19-10-27-24(30-12-17(9-26)29-23(19)30)28-11-20-18-6-7-32-22(18)5-4-21(20)25/h2-5,8,10,12-13H,6-7,11H2,1H3,(H,27,28). The van der Waals surface area contributed by atoms with Crippen molar-refractivity contribution in [1.29, 1.82) is 5.26 Å². The zero-order valence-corrected chi connectivity index (χ0v) is 17.2. The Balaban J connectivity index is 1.55. The number of nitrogens with zero attached hydrogens (tertiary/aromatic N) is 4. The lowest BCUT2D eigenvalue weighted by Crippen LogP contribution is -2.09. The van der Waals surface area contributed by atoms with Crippen molar-refractivity contribution >= 4 is 17.9 Å². The van der Waals surface area contributed by atoms with Crippen LogP contribution in [0.4, 0.5) is 10.3 Å². The number of nitrogens with one attached hydrogen (secondary N) is 1. The van der Waals surface area contributed by atoms with Gasteiger partial charge in [-0.2, -0.15) is 5.26 Å². The van der Waals surface area contributed by atoms with Crippen molar-refractivity contribution in [2.75, 3.05) is 11.9 Å². The van der Waals surface area contributed by atoms with Gasteiger partial charge in [-0.15, -0.1) is 0 Å². The van der Waals surface area contributed by atoms with E-state index >= 15 is 0 Å². The van der Waals surface area contributed by atoms with E-state index in [1.165, 1.54) is 6.07 Å². The second-order valence-corrected chi connectivity index (χ2v) is 7.57. The van der Waals surface area contributed by atoms with Gasteiger partial charge in [-0.25, -0.2) is 14.4 Å². The number of nitriles is 1. The van der Waals surface area contributed by atoms with Crippen LogP contribution in [-0.4, -0.2) is 27.3 Å². The Kier molecular flexibility index (Phi) is 4.79. The number of halogens is 1. The molecule has 1 N–H and O–H groups in total. The van der Waals surface area contributed by atoms with Crippen LogP contribution < -0.4 is 10.1 Å². The van der Waals surface area contributed by atoms with E-state index in [4.69, 9.17) is 4.74 Å². The molecule has 0 bridgehead atoms. The molecule has 32 heavy (non-hydrogen) atoms. The Morgan fingerprint density at radius 1 is 1.34 bits per heavy atom. The summed E-state index contributed by atoms with van der Waals surface area (Å²) < 4.78 is 21.7. The monoisotopic (exact) mass is 427 g/mol. The molecular weight excluding hydrogens is 409 g/mol. The van der Waals surface area contributed by atoms with E-state index in [0.29, 0.717) is 41.5 Å². The molecule has 0 saturated heterocycles. The first-order valence-electron chi connectivity index (χ1n) is 10.1.